The molecule has 0 bridgehead atoms. The maximum atomic E-state index is 14.4. The number of hydrogen-bond acceptors (Lipinski definition) is 4. The van der Waals surface area contributed by atoms with E-state index in [-0.39, 0.29) is 23.3 Å². The van der Waals surface area contributed by atoms with Crippen LogP contribution >= 0.6 is 0 Å². The van der Waals surface area contributed by atoms with Gasteiger partial charge in [-0.2, -0.15) is 0 Å². The molecule has 8 heteroatoms. The molecule has 4 rings (SSSR count). The van der Waals surface area contributed by atoms with Crippen molar-refractivity contribution in [1.82, 2.24) is 15.3 Å². The molecule has 1 atom stereocenters. The first-order valence-electron chi connectivity index (χ1n) is 9.53. The second-order valence-corrected chi connectivity index (χ2v) is 8.06. The van der Waals surface area contributed by atoms with E-state index < -0.39 is 29.2 Å². The van der Waals surface area contributed by atoms with Crippen molar-refractivity contribution in [1.29, 1.82) is 0 Å². The number of H-pyrrole nitrogens is 1. The van der Waals surface area contributed by atoms with Gasteiger partial charge in [-0.3, -0.25) is 14.6 Å². The maximum absolute atomic E-state index is 14.4. The van der Waals surface area contributed by atoms with Crippen molar-refractivity contribution >= 4 is 16.8 Å². The standard InChI is InChI=1S/C22H21F2N3O3/c1-10-13(21(29)26-15-5-6-25-11(2)18(10)15)9-17(28)27-20-19-14(24)7-12(23)8-16(19)30-22(20,3)4/h5-8,20H,9H2,1-4H3,(H,26,29)(H,27,28)/t20-/m1/s1. The Morgan fingerprint density at radius 2 is 2.03 bits per heavy atom. The average molecular weight is 413 g/mol. The van der Waals surface area contributed by atoms with Crippen molar-refractivity contribution in [2.45, 2.75) is 45.8 Å². The summed E-state index contributed by atoms with van der Waals surface area (Å²) in [5, 5.41) is 3.54. The summed E-state index contributed by atoms with van der Waals surface area (Å²) in [6.45, 7) is 6.96. The van der Waals surface area contributed by atoms with Gasteiger partial charge >= 0.3 is 0 Å². The zero-order valence-corrected chi connectivity index (χ0v) is 17.0. The first kappa shape index (κ1) is 20.0. The van der Waals surface area contributed by atoms with Crippen LogP contribution in [0, 0.1) is 25.5 Å². The third-order valence-corrected chi connectivity index (χ3v) is 5.55. The molecule has 1 aromatic carbocycles. The lowest BCUT2D eigenvalue weighted by atomic mass is 9.93. The van der Waals surface area contributed by atoms with Crippen LogP contribution in [0.1, 0.15) is 42.3 Å². The highest BCUT2D eigenvalue weighted by atomic mass is 19.1. The molecule has 0 spiro atoms. The number of halogens is 2. The van der Waals surface area contributed by atoms with Gasteiger partial charge in [-0.15, -0.1) is 0 Å². The highest BCUT2D eigenvalue weighted by Crippen LogP contribution is 2.44. The van der Waals surface area contributed by atoms with Gasteiger partial charge in [0.15, 0.2) is 0 Å². The van der Waals surface area contributed by atoms with E-state index in [9.17, 15) is 18.4 Å². The summed E-state index contributed by atoms with van der Waals surface area (Å²) in [5.41, 5.74) is 1.12. The van der Waals surface area contributed by atoms with Crippen molar-refractivity contribution in [3.8, 4) is 5.75 Å². The molecule has 0 aliphatic carbocycles. The van der Waals surface area contributed by atoms with E-state index in [1.807, 2.05) is 6.92 Å². The number of nitrogens with one attached hydrogen (secondary N) is 2. The van der Waals surface area contributed by atoms with Gasteiger partial charge in [0.2, 0.25) is 5.91 Å². The van der Waals surface area contributed by atoms with E-state index in [0.29, 0.717) is 16.6 Å². The Hall–Kier alpha value is -3.29. The first-order chi connectivity index (χ1) is 14.1. The zero-order valence-electron chi connectivity index (χ0n) is 17.0. The van der Waals surface area contributed by atoms with E-state index in [0.717, 1.165) is 23.2 Å². The number of hydrogen-bond donors (Lipinski definition) is 2. The molecule has 3 heterocycles. The van der Waals surface area contributed by atoms with Gasteiger partial charge in [0.1, 0.15) is 23.0 Å². The van der Waals surface area contributed by atoms with Crippen LogP contribution in [-0.4, -0.2) is 21.5 Å². The smallest absolute Gasteiger partial charge is 0.252 e. The van der Waals surface area contributed by atoms with E-state index in [4.69, 9.17) is 4.74 Å². The quantitative estimate of drug-likeness (QED) is 0.690. The number of carbonyl (C=O) groups excluding carboxylic acids is 1. The first-order valence-corrected chi connectivity index (χ1v) is 9.53. The predicted octanol–water partition coefficient (Wildman–Crippen LogP) is 3.39. The second-order valence-electron chi connectivity index (χ2n) is 8.06. The van der Waals surface area contributed by atoms with Crippen LogP contribution in [0.5, 0.6) is 5.75 Å². The summed E-state index contributed by atoms with van der Waals surface area (Å²) in [5.74, 6) is -1.95. The highest BCUT2D eigenvalue weighted by Gasteiger charge is 2.44. The monoisotopic (exact) mass is 413 g/mol. The summed E-state index contributed by atoms with van der Waals surface area (Å²) < 4.78 is 33.7. The number of nitrogens with zero attached hydrogens (tertiary/aromatic N) is 1. The van der Waals surface area contributed by atoms with Crippen molar-refractivity contribution in [2.24, 2.45) is 0 Å². The molecule has 30 heavy (non-hydrogen) atoms. The van der Waals surface area contributed by atoms with Gasteiger partial charge in [0.05, 0.1) is 23.5 Å². The van der Waals surface area contributed by atoms with Gasteiger partial charge < -0.3 is 15.0 Å². The number of ether oxygens (including phenoxy) is 1. The number of rotatable bonds is 3. The molecule has 1 amide bonds. The van der Waals surface area contributed by atoms with Crippen LogP contribution in [-0.2, 0) is 11.2 Å². The summed E-state index contributed by atoms with van der Waals surface area (Å²) in [7, 11) is 0. The van der Waals surface area contributed by atoms with Crippen LogP contribution in [0.3, 0.4) is 0 Å². The minimum Gasteiger partial charge on any atom is -0.485 e. The Morgan fingerprint density at radius 1 is 1.30 bits per heavy atom. The van der Waals surface area contributed by atoms with E-state index >= 15 is 0 Å². The Kier molecular flexibility index (Phi) is 4.60. The van der Waals surface area contributed by atoms with Crippen LogP contribution in [0.25, 0.3) is 10.9 Å². The number of pyridine rings is 2. The topological polar surface area (TPSA) is 84.1 Å². The van der Waals surface area contributed by atoms with E-state index in [2.05, 4.69) is 15.3 Å². The molecule has 6 nitrogen and oxygen atoms in total. The number of amides is 1. The van der Waals surface area contributed by atoms with E-state index in [1.165, 1.54) is 0 Å². The SMILES string of the molecule is Cc1nccc2[nH]c(=O)c(CC(=O)N[C@@H]3c4c(F)cc(F)cc4OC3(C)C)c(C)c12. The fraction of sp³-hybridized carbons (Fsp3) is 0.318. The largest absolute Gasteiger partial charge is 0.485 e. The van der Waals surface area contributed by atoms with Crippen LogP contribution in [0.2, 0.25) is 0 Å². The molecule has 0 saturated heterocycles. The van der Waals surface area contributed by atoms with Crippen molar-refractivity contribution in [2.75, 3.05) is 0 Å². The lowest BCUT2D eigenvalue weighted by molar-refractivity contribution is -0.122. The summed E-state index contributed by atoms with van der Waals surface area (Å²) >= 11 is 0. The third-order valence-electron chi connectivity index (χ3n) is 5.55. The van der Waals surface area contributed by atoms with Crippen LogP contribution in [0.15, 0.2) is 29.2 Å². The minimum absolute atomic E-state index is 0.0595. The molecular weight excluding hydrogens is 392 g/mol. The van der Waals surface area contributed by atoms with Crippen LogP contribution < -0.4 is 15.6 Å². The lowest BCUT2D eigenvalue weighted by Crippen LogP contribution is -2.43. The Labute approximate surface area is 171 Å². The number of benzene rings is 1. The zero-order chi connectivity index (χ0) is 21.8. The third kappa shape index (κ3) is 3.22. The number of aryl methyl sites for hydroxylation is 2. The van der Waals surface area contributed by atoms with Gasteiger partial charge in [0, 0.05) is 35.0 Å². The maximum Gasteiger partial charge on any atom is 0.252 e. The van der Waals surface area contributed by atoms with Crippen LogP contribution in [0.4, 0.5) is 8.78 Å². The van der Waals surface area contributed by atoms with Crippen molar-refractivity contribution in [3.05, 3.63) is 68.8 Å². The van der Waals surface area contributed by atoms with Gasteiger partial charge in [-0.05, 0) is 39.3 Å². The molecule has 0 radical (unpaired) electrons. The normalized spacial score (nSPS) is 16.9. The molecule has 0 unspecified atom stereocenters. The molecule has 0 fully saturated rings. The molecule has 2 N–H and O–H groups in total. The fourth-order valence-corrected chi connectivity index (χ4v) is 4.11. The molecule has 156 valence electrons. The lowest BCUT2D eigenvalue weighted by Gasteiger charge is -2.27. The molecule has 0 saturated carbocycles. The number of aromatic nitrogens is 2. The predicted molar refractivity (Wildman–Crippen MR) is 107 cm³/mol. The molecule has 3 aromatic rings. The Bertz CT molecular complexity index is 1250. The minimum atomic E-state index is -0.988. The van der Waals surface area contributed by atoms with E-state index in [1.54, 1.807) is 33.0 Å². The molecule has 2 aromatic heterocycles. The Morgan fingerprint density at radius 3 is 2.77 bits per heavy atom. The summed E-state index contributed by atoms with van der Waals surface area (Å²) in [6, 6.07) is 2.73. The molecule has 1 aliphatic rings. The van der Waals surface area contributed by atoms with Crippen molar-refractivity contribution in [3.63, 3.8) is 0 Å². The van der Waals surface area contributed by atoms with Gasteiger partial charge in [-0.1, -0.05) is 0 Å². The van der Waals surface area contributed by atoms with Gasteiger partial charge in [-0.25, -0.2) is 8.78 Å². The summed E-state index contributed by atoms with van der Waals surface area (Å²) in [4.78, 5) is 32.4. The van der Waals surface area contributed by atoms with Gasteiger partial charge in [0.25, 0.3) is 5.56 Å². The number of fused-ring (bicyclic) bond motifs is 2. The average Bonchev–Trinajstić information content (AvgIpc) is 2.88. The summed E-state index contributed by atoms with van der Waals surface area (Å²) in [6.07, 6.45) is 1.41. The van der Waals surface area contributed by atoms with Crippen molar-refractivity contribution < 1.29 is 18.3 Å². The Balaban J connectivity index is 1.67. The fourth-order valence-electron chi connectivity index (χ4n) is 4.11. The number of aromatic amines is 1. The highest BCUT2D eigenvalue weighted by molar-refractivity contribution is 5.87. The molecular formula is C22H21F2N3O3. The molecule has 1 aliphatic heterocycles. The number of carbonyl (C=O) groups is 1. The second kappa shape index (κ2) is 6.90.